The molecular formula is C14H24N4. The molecule has 100 valence electrons. The van der Waals surface area contributed by atoms with Crippen LogP contribution in [-0.2, 0) is 6.42 Å². The minimum absolute atomic E-state index is 0.670. The topological polar surface area (TPSA) is 41.0 Å². The van der Waals surface area contributed by atoms with Gasteiger partial charge in [-0.1, -0.05) is 13.8 Å². The molecule has 0 amide bonds. The highest BCUT2D eigenvalue weighted by molar-refractivity contribution is 5.50. The Balaban J connectivity index is 2.16. The Labute approximate surface area is 110 Å². The fourth-order valence-electron chi connectivity index (χ4n) is 2.13. The Kier molecular flexibility index (Phi) is 4.39. The SMILES string of the molecule is CCCNc1cc(N(C)C2CCC2)nc(CC)n1. The third-order valence-electron chi connectivity index (χ3n) is 3.62. The van der Waals surface area contributed by atoms with E-state index >= 15 is 0 Å². The molecule has 0 spiro atoms. The number of hydrogen-bond acceptors (Lipinski definition) is 4. The standard InChI is InChI=1S/C14H24N4/c1-4-9-15-13-10-14(17-12(5-2)16-13)18(3)11-7-6-8-11/h10-11H,4-9H2,1-3H3,(H,15,16,17). The number of nitrogens with zero attached hydrogens (tertiary/aromatic N) is 3. The summed E-state index contributed by atoms with van der Waals surface area (Å²) in [5.41, 5.74) is 0. The molecule has 0 unspecified atom stereocenters. The molecule has 4 heteroatoms. The number of aromatic nitrogens is 2. The molecule has 1 aliphatic rings. The molecule has 18 heavy (non-hydrogen) atoms. The summed E-state index contributed by atoms with van der Waals surface area (Å²) in [5.74, 6) is 2.95. The van der Waals surface area contributed by atoms with Gasteiger partial charge in [0.2, 0.25) is 0 Å². The van der Waals surface area contributed by atoms with Crippen molar-refractivity contribution < 1.29 is 0 Å². The molecule has 1 saturated carbocycles. The van der Waals surface area contributed by atoms with Crippen molar-refractivity contribution in [3.05, 3.63) is 11.9 Å². The van der Waals surface area contributed by atoms with Crippen LogP contribution in [0, 0.1) is 0 Å². The Morgan fingerprint density at radius 2 is 2.11 bits per heavy atom. The first-order valence-electron chi connectivity index (χ1n) is 7.09. The van der Waals surface area contributed by atoms with Crippen LogP contribution >= 0.6 is 0 Å². The molecule has 0 saturated heterocycles. The van der Waals surface area contributed by atoms with E-state index in [1.165, 1.54) is 19.3 Å². The molecule has 0 radical (unpaired) electrons. The minimum Gasteiger partial charge on any atom is -0.370 e. The molecule has 1 N–H and O–H groups in total. The summed E-state index contributed by atoms with van der Waals surface area (Å²) in [6, 6.07) is 2.75. The fourth-order valence-corrected chi connectivity index (χ4v) is 2.13. The van der Waals surface area contributed by atoms with Crippen LogP contribution in [0.25, 0.3) is 0 Å². The van der Waals surface area contributed by atoms with E-state index in [0.29, 0.717) is 6.04 Å². The van der Waals surface area contributed by atoms with Gasteiger partial charge in [0.1, 0.15) is 17.5 Å². The maximum atomic E-state index is 4.64. The van der Waals surface area contributed by atoms with Crippen LogP contribution in [0.5, 0.6) is 0 Å². The van der Waals surface area contributed by atoms with Gasteiger partial charge in [0, 0.05) is 32.1 Å². The zero-order valence-electron chi connectivity index (χ0n) is 11.7. The summed E-state index contributed by atoms with van der Waals surface area (Å²) in [4.78, 5) is 11.5. The summed E-state index contributed by atoms with van der Waals surface area (Å²) < 4.78 is 0. The number of aryl methyl sites for hydroxylation is 1. The lowest BCUT2D eigenvalue weighted by Crippen LogP contribution is -2.37. The van der Waals surface area contributed by atoms with E-state index in [-0.39, 0.29) is 0 Å². The maximum Gasteiger partial charge on any atom is 0.134 e. The monoisotopic (exact) mass is 248 g/mol. The fraction of sp³-hybridized carbons (Fsp3) is 0.714. The molecule has 1 aromatic heterocycles. The van der Waals surface area contributed by atoms with Crippen LogP contribution in [0.2, 0.25) is 0 Å². The van der Waals surface area contributed by atoms with Gasteiger partial charge in [0.15, 0.2) is 0 Å². The lowest BCUT2D eigenvalue weighted by atomic mass is 9.92. The van der Waals surface area contributed by atoms with Crippen molar-refractivity contribution in [2.45, 2.75) is 52.0 Å². The van der Waals surface area contributed by atoms with Gasteiger partial charge in [-0.05, 0) is 25.7 Å². The smallest absolute Gasteiger partial charge is 0.134 e. The average molecular weight is 248 g/mol. The first-order valence-corrected chi connectivity index (χ1v) is 7.09. The molecule has 1 fully saturated rings. The zero-order chi connectivity index (χ0) is 13.0. The first-order chi connectivity index (χ1) is 8.74. The number of hydrogen-bond donors (Lipinski definition) is 1. The second-order valence-corrected chi connectivity index (χ2v) is 5.00. The molecule has 0 bridgehead atoms. The summed E-state index contributed by atoms with van der Waals surface area (Å²) >= 11 is 0. The quantitative estimate of drug-likeness (QED) is 0.840. The van der Waals surface area contributed by atoms with Crippen LogP contribution in [0.1, 0.15) is 45.4 Å². The van der Waals surface area contributed by atoms with E-state index in [4.69, 9.17) is 0 Å². The van der Waals surface area contributed by atoms with E-state index in [1.807, 2.05) is 0 Å². The molecular weight excluding hydrogens is 224 g/mol. The Hall–Kier alpha value is -1.32. The van der Waals surface area contributed by atoms with Crippen molar-refractivity contribution in [3.8, 4) is 0 Å². The largest absolute Gasteiger partial charge is 0.370 e. The molecule has 0 aliphatic heterocycles. The second kappa shape index (κ2) is 6.03. The van der Waals surface area contributed by atoms with Crippen LogP contribution in [-0.4, -0.2) is 29.6 Å². The number of nitrogens with one attached hydrogen (secondary N) is 1. The predicted octanol–water partition coefficient (Wildman–Crippen LogP) is 2.85. The van der Waals surface area contributed by atoms with Gasteiger partial charge < -0.3 is 10.2 Å². The van der Waals surface area contributed by atoms with Crippen LogP contribution in [0.15, 0.2) is 6.07 Å². The van der Waals surface area contributed by atoms with E-state index in [1.54, 1.807) is 0 Å². The highest BCUT2D eigenvalue weighted by Crippen LogP contribution is 2.28. The lowest BCUT2D eigenvalue weighted by molar-refractivity contribution is 0.399. The van der Waals surface area contributed by atoms with Crippen molar-refractivity contribution in [3.63, 3.8) is 0 Å². The van der Waals surface area contributed by atoms with Crippen molar-refractivity contribution in [1.82, 2.24) is 9.97 Å². The zero-order valence-corrected chi connectivity index (χ0v) is 11.7. The van der Waals surface area contributed by atoms with Crippen molar-refractivity contribution in [2.24, 2.45) is 0 Å². The average Bonchev–Trinajstić information content (AvgIpc) is 2.33. The molecule has 2 rings (SSSR count). The van der Waals surface area contributed by atoms with Crippen molar-refractivity contribution in [2.75, 3.05) is 23.8 Å². The molecule has 1 aliphatic carbocycles. The highest BCUT2D eigenvalue weighted by Gasteiger charge is 2.23. The maximum absolute atomic E-state index is 4.64. The molecule has 1 aromatic rings. The molecule has 0 aromatic carbocycles. The van der Waals surface area contributed by atoms with E-state index in [9.17, 15) is 0 Å². The Bertz CT molecular complexity index is 387. The van der Waals surface area contributed by atoms with Gasteiger partial charge >= 0.3 is 0 Å². The van der Waals surface area contributed by atoms with Gasteiger partial charge in [-0.15, -0.1) is 0 Å². The third kappa shape index (κ3) is 2.92. The predicted molar refractivity (Wildman–Crippen MR) is 76.2 cm³/mol. The van der Waals surface area contributed by atoms with Crippen LogP contribution in [0.4, 0.5) is 11.6 Å². The normalized spacial score (nSPS) is 15.3. The minimum atomic E-state index is 0.670. The van der Waals surface area contributed by atoms with E-state index in [0.717, 1.165) is 36.8 Å². The summed E-state index contributed by atoms with van der Waals surface area (Å²) in [7, 11) is 2.15. The highest BCUT2D eigenvalue weighted by atomic mass is 15.2. The lowest BCUT2D eigenvalue weighted by Gasteiger charge is -2.35. The molecule has 1 heterocycles. The Morgan fingerprint density at radius 3 is 2.67 bits per heavy atom. The van der Waals surface area contributed by atoms with Gasteiger partial charge in [-0.2, -0.15) is 0 Å². The van der Waals surface area contributed by atoms with Gasteiger partial charge in [-0.3, -0.25) is 0 Å². The summed E-state index contributed by atoms with van der Waals surface area (Å²) in [6.45, 7) is 5.23. The summed E-state index contributed by atoms with van der Waals surface area (Å²) in [6.07, 6.45) is 5.92. The second-order valence-electron chi connectivity index (χ2n) is 5.00. The molecule has 0 atom stereocenters. The summed E-state index contributed by atoms with van der Waals surface area (Å²) in [5, 5.41) is 3.36. The molecule has 4 nitrogen and oxygen atoms in total. The van der Waals surface area contributed by atoms with Gasteiger partial charge in [0.05, 0.1) is 0 Å². The van der Waals surface area contributed by atoms with Gasteiger partial charge in [-0.25, -0.2) is 9.97 Å². The van der Waals surface area contributed by atoms with Crippen molar-refractivity contribution in [1.29, 1.82) is 0 Å². The van der Waals surface area contributed by atoms with Crippen molar-refractivity contribution >= 4 is 11.6 Å². The Morgan fingerprint density at radius 1 is 1.33 bits per heavy atom. The van der Waals surface area contributed by atoms with Crippen LogP contribution in [0.3, 0.4) is 0 Å². The first kappa shape index (κ1) is 13.1. The van der Waals surface area contributed by atoms with E-state index < -0.39 is 0 Å². The third-order valence-corrected chi connectivity index (χ3v) is 3.62. The van der Waals surface area contributed by atoms with Gasteiger partial charge in [0.25, 0.3) is 0 Å². The van der Waals surface area contributed by atoms with Crippen LogP contribution < -0.4 is 10.2 Å². The number of anilines is 2. The van der Waals surface area contributed by atoms with E-state index in [2.05, 4.69) is 47.1 Å². The number of rotatable bonds is 6.